The first-order valence-electron chi connectivity index (χ1n) is 8.92. The average molecular weight is 402 g/mol. The summed E-state index contributed by atoms with van der Waals surface area (Å²) in [5.41, 5.74) is 8.63. The zero-order valence-electron chi connectivity index (χ0n) is 16.4. The highest BCUT2D eigenvalue weighted by Gasteiger charge is 2.15. The highest BCUT2D eigenvalue weighted by Crippen LogP contribution is 2.28. The number of aliphatic hydroxyl groups is 3. The molecule has 0 bridgehead atoms. The minimum absolute atomic E-state index is 0.224. The SMILES string of the molecule is COc1ccc(/C=C\c2cc(CO)c(CO)c(OC)c2)cc1NC(=O)[C@@H](N)CO. The van der Waals surface area contributed by atoms with Crippen molar-refractivity contribution < 1.29 is 29.6 Å². The molecular formula is C21H26N2O6. The number of nitrogens with one attached hydrogen (secondary N) is 1. The number of hydrogen-bond acceptors (Lipinski definition) is 7. The first kappa shape index (κ1) is 22.4. The number of nitrogens with two attached hydrogens (primary N) is 1. The van der Waals surface area contributed by atoms with Crippen molar-refractivity contribution in [3.05, 3.63) is 52.6 Å². The Kier molecular flexibility index (Phi) is 8.17. The van der Waals surface area contributed by atoms with Crippen LogP contribution in [0.2, 0.25) is 0 Å². The number of hydrogen-bond donors (Lipinski definition) is 5. The number of ether oxygens (including phenoxy) is 2. The molecular weight excluding hydrogens is 376 g/mol. The van der Waals surface area contributed by atoms with E-state index in [9.17, 15) is 15.0 Å². The van der Waals surface area contributed by atoms with E-state index in [-0.39, 0.29) is 13.2 Å². The van der Waals surface area contributed by atoms with Gasteiger partial charge in [0.2, 0.25) is 5.91 Å². The van der Waals surface area contributed by atoms with Gasteiger partial charge in [0.05, 0.1) is 39.7 Å². The summed E-state index contributed by atoms with van der Waals surface area (Å²) < 4.78 is 10.5. The Morgan fingerprint density at radius 2 is 1.72 bits per heavy atom. The molecule has 0 aliphatic rings. The standard InChI is InChI=1S/C21H26N2O6/c1-28-19-6-5-13(8-18(19)23-21(27)17(22)12-26)3-4-14-7-15(10-24)16(11-25)20(9-14)29-2/h3-9,17,24-26H,10-12,22H2,1-2H3,(H,23,27)/b4-3-/t17-/m0/s1. The van der Waals surface area contributed by atoms with Gasteiger partial charge in [0.15, 0.2) is 0 Å². The van der Waals surface area contributed by atoms with Crippen molar-refractivity contribution in [2.24, 2.45) is 5.73 Å². The van der Waals surface area contributed by atoms with E-state index in [0.29, 0.717) is 28.3 Å². The van der Waals surface area contributed by atoms with Gasteiger partial charge in [-0.05, 0) is 41.0 Å². The summed E-state index contributed by atoms with van der Waals surface area (Å²) in [6.45, 7) is -0.926. The van der Waals surface area contributed by atoms with Gasteiger partial charge in [-0.1, -0.05) is 18.2 Å². The molecule has 0 fully saturated rings. The summed E-state index contributed by atoms with van der Waals surface area (Å²) in [6, 6.07) is 7.71. The zero-order valence-corrected chi connectivity index (χ0v) is 16.4. The molecule has 8 heteroatoms. The van der Waals surface area contributed by atoms with E-state index in [1.165, 1.54) is 14.2 Å². The van der Waals surface area contributed by atoms with Gasteiger partial charge in [-0.2, -0.15) is 0 Å². The summed E-state index contributed by atoms with van der Waals surface area (Å²) in [5, 5.41) is 30.7. The van der Waals surface area contributed by atoms with Crippen LogP contribution in [0.1, 0.15) is 22.3 Å². The first-order valence-corrected chi connectivity index (χ1v) is 8.92. The predicted molar refractivity (Wildman–Crippen MR) is 110 cm³/mol. The van der Waals surface area contributed by atoms with Crippen molar-refractivity contribution in [3.8, 4) is 11.5 Å². The predicted octanol–water partition coefficient (Wildman–Crippen LogP) is 1.12. The van der Waals surface area contributed by atoms with Gasteiger partial charge >= 0.3 is 0 Å². The van der Waals surface area contributed by atoms with E-state index in [1.54, 1.807) is 24.3 Å². The van der Waals surface area contributed by atoms with Crippen LogP contribution in [0.25, 0.3) is 12.2 Å². The lowest BCUT2D eigenvalue weighted by Gasteiger charge is -2.14. The molecule has 0 unspecified atom stereocenters. The summed E-state index contributed by atoms with van der Waals surface area (Å²) in [7, 11) is 2.98. The van der Waals surface area contributed by atoms with E-state index in [4.69, 9.17) is 20.3 Å². The maximum absolute atomic E-state index is 12.0. The second-order valence-electron chi connectivity index (χ2n) is 6.25. The second kappa shape index (κ2) is 10.6. The van der Waals surface area contributed by atoms with Gasteiger partial charge in [0.1, 0.15) is 17.5 Å². The van der Waals surface area contributed by atoms with Crippen LogP contribution in [0.4, 0.5) is 5.69 Å². The number of aliphatic hydroxyl groups excluding tert-OH is 3. The zero-order chi connectivity index (χ0) is 21.4. The Morgan fingerprint density at radius 1 is 1.03 bits per heavy atom. The smallest absolute Gasteiger partial charge is 0.243 e. The van der Waals surface area contributed by atoms with Crippen LogP contribution in [0.15, 0.2) is 30.3 Å². The second-order valence-corrected chi connectivity index (χ2v) is 6.25. The highest BCUT2D eigenvalue weighted by molar-refractivity contribution is 5.96. The fraction of sp³-hybridized carbons (Fsp3) is 0.286. The molecule has 0 radical (unpaired) electrons. The quantitative estimate of drug-likeness (QED) is 0.397. The molecule has 0 aliphatic carbocycles. The van der Waals surface area contributed by atoms with Crippen LogP contribution in [0, 0.1) is 0 Å². The van der Waals surface area contributed by atoms with Crippen LogP contribution in [0.3, 0.4) is 0 Å². The molecule has 156 valence electrons. The Morgan fingerprint density at radius 3 is 2.31 bits per heavy atom. The topological polar surface area (TPSA) is 134 Å². The molecule has 8 nitrogen and oxygen atoms in total. The minimum Gasteiger partial charge on any atom is -0.496 e. The van der Waals surface area contributed by atoms with E-state index in [1.807, 2.05) is 18.2 Å². The van der Waals surface area contributed by atoms with Gasteiger partial charge in [0, 0.05) is 5.56 Å². The number of benzene rings is 2. The summed E-state index contributed by atoms with van der Waals surface area (Å²) in [4.78, 5) is 12.0. The van der Waals surface area contributed by atoms with Crippen LogP contribution < -0.4 is 20.5 Å². The summed E-state index contributed by atoms with van der Waals surface area (Å²) in [6.07, 6.45) is 3.63. The lowest BCUT2D eigenvalue weighted by molar-refractivity contribution is -0.118. The Bertz CT molecular complexity index is 856. The molecule has 0 aromatic heterocycles. The fourth-order valence-electron chi connectivity index (χ4n) is 2.75. The molecule has 2 rings (SSSR count). The van der Waals surface area contributed by atoms with Crippen LogP contribution in [0.5, 0.6) is 11.5 Å². The van der Waals surface area contributed by atoms with Gasteiger partial charge < -0.3 is 35.8 Å². The van der Waals surface area contributed by atoms with Crippen LogP contribution in [-0.4, -0.2) is 48.1 Å². The molecule has 0 heterocycles. The average Bonchev–Trinajstić information content (AvgIpc) is 2.76. The van der Waals surface area contributed by atoms with Gasteiger partial charge in [-0.15, -0.1) is 0 Å². The van der Waals surface area contributed by atoms with Gasteiger partial charge in [-0.3, -0.25) is 4.79 Å². The van der Waals surface area contributed by atoms with E-state index >= 15 is 0 Å². The van der Waals surface area contributed by atoms with Crippen molar-refractivity contribution in [2.75, 3.05) is 26.1 Å². The summed E-state index contributed by atoms with van der Waals surface area (Å²) in [5.74, 6) is 0.417. The summed E-state index contributed by atoms with van der Waals surface area (Å²) >= 11 is 0. The number of carbonyl (C=O) groups is 1. The number of anilines is 1. The number of methoxy groups -OCH3 is 2. The van der Waals surface area contributed by atoms with Crippen molar-refractivity contribution in [3.63, 3.8) is 0 Å². The molecule has 0 saturated heterocycles. The Labute approximate surface area is 169 Å². The molecule has 2 aromatic carbocycles. The minimum atomic E-state index is -1.03. The number of carbonyl (C=O) groups excluding carboxylic acids is 1. The molecule has 0 spiro atoms. The normalized spacial score (nSPS) is 12.1. The molecule has 29 heavy (non-hydrogen) atoms. The van der Waals surface area contributed by atoms with Crippen molar-refractivity contribution in [1.82, 2.24) is 0 Å². The molecule has 2 aromatic rings. The lowest BCUT2D eigenvalue weighted by Crippen LogP contribution is -2.38. The maximum Gasteiger partial charge on any atom is 0.243 e. The number of rotatable bonds is 9. The Hall–Kier alpha value is -2.91. The maximum atomic E-state index is 12.0. The van der Waals surface area contributed by atoms with Crippen molar-refractivity contribution in [1.29, 1.82) is 0 Å². The molecule has 0 saturated carbocycles. The monoisotopic (exact) mass is 402 g/mol. The third kappa shape index (κ3) is 5.55. The van der Waals surface area contributed by atoms with Crippen molar-refractivity contribution >= 4 is 23.7 Å². The molecule has 6 N–H and O–H groups in total. The molecule has 0 aliphatic heterocycles. The Balaban J connectivity index is 2.33. The van der Waals surface area contributed by atoms with E-state index < -0.39 is 18.6 Å². The fourth-order valence-corrected chi connectivity index (χ4v) is 2.75. The van der Waals surface area contributed by atoms with E-state index in [2.05, 4.69) is 5.32 Å². The van der Waals surface area contributed by atoms with E-state index in [0.717, 1.165) is 11.1 Å². The largest absolute Gasteiger partial charge is 0.496 e. The van der Waals surface area contributed by atoms with Gasteiger partial charge in [-0.25, -0.2) is 0 Å². The lowest BCUT2D eigenvalue weighted by atomic mass is 10.0. The van der Waals surface area contributed by atoms with Crippen molar-refractivity contribution in [2.45, 2.75) is 19.3 Å². The van der Waals surface area contributed by atoms with Crippen LogP contribution >= 0.6 is 0 Å². The third-order valence-electron chi connectivity index (χ3n) is 4.36. The molecule has 1 amide bonds. The van der Waals surface area contributed by atoms with Gasteiger partial charge in [0.25, 0.3) is 0 Å². The third-order valence-corrected chi connectivity index (χ3v) is 4.36. The van der Waals surface area contributed by atoms with Crippen LogP contribution in [-0.2, 0) is 18.0 Å². The number of amides is 1. The first-order chi connectivity index (χ1) is 14.0. The molecule has 1 atom stereocenters. The highest BCUT2D eigenvalue weighted by atomic mass is 16.5.